The SMILES string of the molecule is Cc1ccn(CCN(C)Cc2cc3cc(F)ccc3[nH]2)n1. The number of benzene rings is 1. The number of aromatic nitrogens is 3. The van der Waals surface area contributed by atoms with Crippen molar-refractivity contribution in [1.82, 2.24) is 19.7 Å². The summed E-state index contributed by atoms with van der Waals surface area (Å²) in [5, 5.41) is 5.29. The summed E-state index contributed by atoms with van der Waals surface area (Å²) in [5.41, 5.74) is 3.10. The summed E-state index contributed by atoms with van der Waals surface area (Å²) in [4.78, 5) is 5.55. The standard InChI is InChI=1S/C16H19FN4/c1-12-5-6-21(19-12)8-7-20(2)11-15-10-13-9-14(17)3-4-16(13)18-15/h3-6,9-10,18H,7-8,11H2,1-2H3. The van der Waals surface area contributed by atoms with E-state index in [1.807, 2.05) is 29.9 Å². The molecule has 0 aliphatic rings. The zero-order valence-corrected chi connectivity index (χ0v) is 12.3. The minimum atomic E-state index is -0.199. The Hall–Kier alpha value is -2.14. The van der Waals surface area contributed by atoms with Gasteiger partial charge < -0.3 is 4.98 Å². The van der Waals surface area contributed by atoms with E-state index in [2.05, 4.69) is 22.0 Å². The lowest BCUT2D eigenvalue weighted by Crippen LogP contribution is -2.23. The molecule has 0 saturated heterocycles. The largest absolute Gasteiger partial charge is 0.357 e. The number of aryl methyl sites for hydroxylation is 1. The van der Waals surface area contributed by atoms with E-state index < -0.39 is 0 Å². The molecule has 1 aromatic carbocycles. The van der Waals surface area contributed by atoms with Crippen LogP contribution in [0.3, 0.4) is 0 Å². The summed E-state index contributed by atoms with van der Waals surface area (Å²) in [7, 11) is 2.07. The van der Waals surface area contributed by atoms with Crippen molar-refractivity contribution >= 4 is 10.9 Å². The Morgan fingerprint density at radius 3 is 2.90 bits per heavy atom. The third kappa shape index (κ3) is 3.31. The highest BCUT2D eigenvalue weighted by atomic mass is 19.1. The van der Waals surface area contributed by atoms with E-state index in [0.717, 1.165) is 41.9 Å². The van der Waals surface area contributed by atoms with Crippen molar-refractivity contribution in [1.29, 1.82) is 0 Å². The van der Waals surface area contributed by atoms with Gasteiger partial charge in [-0.05, 0) is 44.3 Å². The fourth-order valence-corrected chi connectivity index (χ4v) is 2.48. The van der Waals surface area contributed by atoms with Gasteiger partial charge in [-0.25, -0.2) is 4.39 Å². The van der Waals surface area contributed by atoms with Crippen LogP contribution in [0, 0.1) is 12.7 Å². The third-order valence-corrected chi connectivity index (χ3v) is 3.56. The van der Waals surface area contributed by atoms with Crippen LogP contribution < -0.4 is 0 Å². The summed E-state index contributed by atoms with van der Waals surface area (Å²) < 4.78 is 15.1. The number of rotatable bonds is 5. The first-order valence-corrected chi connectivity index (χ1v) is 7.06. The number of hydrogen-bond donors (Lipinski definition) is 1. The molecule has 0 aliphatic heterocycles. The van der Waals surface area contributed by atoms with Gasteiger partial charge in [-0.1, -0.05) is 0 Å². The Labute approximate surface area is 123 Å². The molecule has 0 unspecified atom stereocenters. The molecule has 0 atom stereocenters. The molecule has 0 spiro atoms. The molecule has 1 N–H and O–H groups in total. The van der Waals surface area contributed by atoms with E-state index in [9.17, 15) is 4.39 Å². The molecule has 4 nitrogen and oxygen atoms in total. The van der Waals surface area contributed by atoms with Crippen molar-refractivity contribution in [2.24, 2.45) is 0 Å². The lowest BCUT2D eigenvalue weighted by molar-refractivity contribution is 0.302. The summed E-state index contributed by atoms with van der Waals surface area (Å²) in [6.45, 7) is 4.56. The zero-order valence-electron chi connectivity index (χ0n) is 12.3. The first kappa shape index (κ1) is 13.8. The Kier molecular flexibility index (Phi) is 3.75. The molecular weight excluding hydrogens is 267 g/mol. The Balaban J connectivity index is 1.61. The van der Waals surface area contributed by atoms with Crippen LogP contribution in [0.2, 0.25) is 0 Å². The number of nitrogens with one attached hydrogen (secondary N) is 1. The third-order valence-electron chi connectivity index (χ3n) is 3.56. The van der Waals surface area contributed by atoms with Crippen LogP contribution in [-0.2, 0) is 13.1 Å². The van der Waals surface area contributed by atoms with Gasteiger partial charge >= 0.3 is 0 Å². The van der Waals surface area contributed by atoms with Crippen molar-refractivity contribution in [2.45, 2.75) is 20.0 Å². The van der Waals surface area contributed by atoms with E-state index in [4.69, 9.17) is 0 Å². The van der Waals surface area contributed by atoms with E-state index >= 15 is 0 Å². The van der Waals surface area contributed by atoms with Gasteiger partial charge in [-0.3, -0.25) is 9.58 Å². The topological polar surface area (TPSA) is 36.9 Å². The molecule has 2 aromatic heterocycles. The van der Waals surface area contributed by atoms with Gasteiger partial charge in [-0.2, -0.15) is 5.10 Å². The van der Waals surface area contributed by atoms with Crippen LogP contribution in [0.5, 0.6) is 0 Å². The minimum Gasteiger partial charge on any atom is -0.357 e. The summed E-state index contributed by atoms with van der Waals surface area (Å²) in [6, 6.07) is 8.83. The summed E-state index contributed by atoms with van der Waals surface area (Å²) >= 11 is 0. The molecule has 0 radical (unpaired) electrons. The average molecular weight is 286 g/mol. The zero-order chi connectivity index (χ0) is 14.8. The molecule has 3 aromatic rings. The second-order valence-electron chi connectivity index (χ2n) is 5.48. The number of hydrogen-bond acceptors (Lipinski definition) is 2. The summed E-state index contributed by atoms with van der Waals surface area (Å²) in [6.07, 6.45) is 1.99. The molecule has 110 valence electrons. The lowest BCUT2D eigenvalue weighted by atomic mass is 10.2. The van der Waals surface area contributed by atoms with Crippen molar-refractivity contribution in [2.75, 3.05) is 13.6 Å². The predicted molar refractivity (Wildman–Crippen MR) is 81.6 cm³/mol. The quantitative estimate of drug-likeness (QED) is 0.783. The maximum atomic E-state index is 13.2. The first-order valence-electron chi connectivity index (χ1n) is 7.06. The molecule has 5 heteroatoms. The second-order valence-corrected chi connectivity index (χ2v) is 5.48. The van der Waals surface area contributed by atoms with E-state index in [0.29, 0.717) is 0 Å². The number of fused-ring (bicyclic) bond motifs is 1. The van der Waals surface area contributed by atoms with Crippen molar-refractivity contribution in [3.05, 3.63) is 53.7 Å². The molecule has 21 heavy (non-hydrogen) atoms. The number of aromatic amines is 1. The Bertz CT molecular complexity index is 744. The highest BCUT2D eigenvalue weighted by Crippen LogP contribution is 2.17. The van der Waals surface area contributed by atoms with Gasteiger partial charge in [0.05, 0.1) is 12.2 Å². The molecule has 0 bridgehead atoms. The van der Waals surface area contributed by atoms with Crippen molar-refractivity contribution in [3.8, 4) is 0 Å². The smallest absolute Gasteiger partial charge is 0.123 e. The van der Waals surface area contributed by atoms with Gasteiger partial charge in [0.25, 0.3) is 0 Å². The minimum absolute atomic E-state index is 0.199. The normalized spacial score (nSPS) is 11.6. The number of nitrogens with zero attached hydrogens (tertiary/aromatic N) is 3. The second kappa shape index (κ2) is 5.69. The number of likely N-dealkylation sites (N-methyl/N-ethyl adjacent to an activating group) is 1. The van der Waals surface area contributed by atoms with Gasteiger partial charge in [-0.15, -0.1) is 0 Å². The van der Waals surface area contributed by atoms with Crippen LogP contribution in [0.15, 0.2) is 36.5 Å². The Morgan fingerprint density at radius 2 is 2.14 bits per heavy atom. The Morgan fingerprint density at radius 1 is 1.29 bits per heavy atom. The van der Waals surface area contributed by atoms with Crippen LogP contribution in [-0.4, -0.2) is 33.3 Å². The van der Waals surface area contributed by atoms with Crippen LogP contribution in [0.4, 0.5) is 4.39 Å². The van der Waals surface area contributed by atoms with Crippen molar-refractivity contribution in [3.63, 3.8) is 0 Å². The van der Waals surface area contributed by atoms with Crippen LogP contribution in [0.1, 0.15) is 11.4 Å². The molecule has 0 aliphatic carbocycles. The maximum Gasteiger partial charge on any atom is 0.123 e. The first-order chi connectivity index (χ1) is 10.1. The van der Waals surface area contributed by atoms with Crippen LogP contribution in [0.25, 0.3) is 10.9 Å². The molecular formula is C16H19FN4. The van der Waals surface area contributed by atoms with E-state index in [1.54, 1.807) is 12.1 Å². The summed E-state index contributed by atoms with van der Waals surface area (Å²) in [5.74, 6) is -0.199. The molecule has 0 amide bonds. The van der Waals surface area contributed by atoms with Gasteiger partial charge in [0, 0.05) is 35.9 Å². The van der Waals surface area contributed by atoms with E-state index in [-0.39, 0.29) is 5.82 Å². The molecule has 0 fully saturated rings. The monoisotopic (exact) mass is 286 g/mol. The van der Waals surface area contributed by atoms with Gasteiger partial charge in [0.1, 0.15) is 5.82 Å². The fourth-order valence-electron chi connectivity index (χ4n) is 2.48. The predicted octanol–water partition coefficient (Wildman–Crippen LogP) is 2.94. The number of halogens is 1. The molecule has 3 rings (SSSR count). The highest BCUT2D eigenvalue weighted by molar-refractivity contribution is 5.80. The van der Waals surface area contributed by atoms with E-state index in [1.165, 1.54) is 6.07 Å². The lowest BCUT2D eigenvalue weighted by Gasteiger charge is -2.15. The van der Waals surface area contributed by atoms with Crippen molar-refractivity contribution < 1.29 is 4.39 Å². The maximum absolute atomic E-state index is 13.2. The fraction of sp³-hybridized carbons (Fsp3) is 0.312. The number of H-pyrrole nitrogens is 1. The molecule has 2 heterocycles. The highest BCUT2D eigenvalue weighted by Gasteiger charge is 2.05. The van der Waals surface area contributed by atoms with Gasteiger partial charge in [0.2, 0.25) is 0 Å². The molecule has 0 saturated carbocycles. The van der Waals surface area contributed by atoms with Crippen LogP contribution >= 0.6 is 0 Å². The van der Waals surface area contributed by atoms with Gasteiger partial charge in [0.15, 0.2) is 0 Å². The average Bonchev–Trinajstić information content (AvgIpc) is 3.01.